The first-order valence-electron chi connectivity index (χ1n) is 3.67. The van der Waals surface area contributed by atoms with Crippen LogP contribution >= 0.6 is 0 Å². The van der Waals surface area contributed by atoms with Gasteiger partial charge < -0.3 is 20.8 Å². The number of nitrogens with two attached hydrogens (primary N) is 1. The van der Waals surface area contributed by atoms with Crippen molar-refractivity contribution in [3.05, 3.63) is 21.7 Å². The lowest BCUT2D eigenvalue weighted by atomic mass is 10.1. The van der Waals surface area contributed by atoms with Gasteiger partial charge in [0.1, 0.15) is 0 Å². The predicted molar refractivity (Wildman–Crippen MR) is 46.9 cm³/mol. The van der Waals surface area contributed by atoms with Gasteiger partial charge in [-0.2, -0.15) is 5.16 Å². The summed E-state index contributed by atoms with van der Waals surface area (Å²) in [6.07, 6.45) is -0.262. The van der Waals surface area contributed by atoms with Crippen LogP contribution in [-0.4, -0.2) is 21.7 Å². The van der Waals surface area contributed by atoms with Crippen molar-refractivity contribution in [3.8, 4) is 0 Å². The Kier molecular flexibility index (Phi) is 4.06. The van der Waals surface area contributed by atoms with Crippen molar-refractivity contribution in [1.82, 2.24) is 5.16 Å². The van der Waals surface area contributed by atoms with Crippen LogP contribution in [0.3, 0.4) is 0 Å². The van der Waals surface area contributed by atoms with Gasteiger partial charge in [-0.3, -0.25) is 9.59 Å². The molecule has 1 rings (SSSR count). The van der Waals surface area contributed by atoms with E-state index in [0.29, 0.717) is 5.56 Å². The number of hydrogen-bond donors (Lipinski definition) is 3. The molecule has 0 aliphatic carbocycles. The molecule has 0 aliphatic rings. The largest absolute Gasteiger partial charge is 0.481 e. The summed E-state index contributed by atoms with van der Waals surface area (Å²) in [6.45, 7) is 1.53. The van der Waals surface area contributed by atoms with Crippen molar-refractivity contribution in [3.63, 3.8) is 0 Å². The number of rotatable bonds is 3. The first kappa shape index (κ1) is 12.4. The molecule has 1 atom stereocenters. The fourth-order valence-electron chi connectivity index (χ4n) is 1.00. The Bertz CT molecular complexity index is 366. The molecule has 1 aromatic heterocycles. The molecule has 0 spiro atoms. The Hall–Kier alpha value is -1.60. The van der Waals surface area contributed by atoms with Crippen molar-refractivity contribution in [2.75, 3.05) is 0 Å². The molecule has 0 aliphatic heterocycles. The van der Waals surface area contributed by atoms with Crippen LogP contribution in [0.15, 0.2) is 9.32 Å². The summed E-state index contributed by atoms with van der Waals surface area (Å²) in [7, 11) is 0. The Morgan fingerprint density at radius 1 is 1.71 bits per heavy atom. The molecular formula is C7H12N2O5. The third kappa shape index (κ3) is 2.44. The van der Waals surface area contributed by atoms with Gasteiger partial charge in [0.25, 0.3) is 5.56 Å². The van der Waals surface area contributed by atoms with Crippen molar-refractivity contribution in [2.24, 2.45) is 5.73 Å². The van der Waals surface area contributed by atoms with E-state index in [9.17, 15) is 9.59 Å². The van der Waals surface area contributed by atoms with Gasteiger partial charge in [0.2, 0.25) is 0 Å². The van der Waals surface area contributed by atoms with Gasteiger partial charge in [-0.15, -0.1) is 0 Å². The number of carbonyl (C=O) groups is 1. The number of H-pyrrole nitrogens is 1. The van der Waals surface area contributed by atoms with E-state index in [-0.39, 0.29) is 23.2 Å². The molecule has 0 saturated carbocycles. The lowest BCUT2D eigenvalue weighted by Crippen LogP contribution is -2.16. The third-order valence-electron chi connectivity index (χ3n) is 1.70. The average molecular weight is 204 g/mol. The second-order valence-electron chi connectivity index (χ2n) is 2.73. The standard InChI is InChI=1S/C7H10N2O4.H2O/c1-3-6(13-9-7(3)12)4(8)2-5(10)11;/h4H,2,8H2,1H3,(H,9,12)(H,10,11);1H2. The van der Waals surface area contributed by atoms with E-state index in [1.165, 1.54) is 6.92 Å². The minimum Gasteiger partial charge on any atom is -0.481 e. The van der Waals surface area contributed by atoms with Gasteiger partial charge in [-0.25, -0.2) is 0 Å². The highest BCUT2D eigenvalue weighted by atomic mass is 16.5. The maximum Gasteiger partial charge on any atom is 0.305 e. The minimum atomic E-state index is -1.03. The molecule has 7 heteroatoms. The number of aromatic amines is 1. The number of carboxylic acids is 1. The molecule has 0 bridgehead atoms. The van der Waals surface area contributed by atoms with Crippen LogP contribution in [0, 0.1) is 6.92 Å². The zero-order chi connectivity index (χ0) is 10.0. The van der Waals surface area contributed by atoms with Crippen LogP contribution in [-0.2, 0) is 4.79 Å². The maximum atomic E-state index is 10.9. The van der Waals surface area contributed by atoms with Crippen molar-refractivity contribution in [1.29, 1.82) is 0 Å². The second kappa shape index (κ2) is 4.58. The molecule has 6 N–H and O–H groups in total. The molecule has 80 valence electrons. The van der Waals surface area contributed by atoms with Crippen LogP contribution in [0.2, 0.25) is 0 Å². The van der Waals surface area contributed by atoms with Crippen LogP contribution in [0.1, 0.15) is 23.8 Å². The van der Waals surface area contributed by atoms with E-state index in [1.54, 1.807) is 0 Å². The molecular weight excluding hydrogens is 192 g/mol. The normalized spacial score (nSPS) is 11.9. The Morgan fingerprint density at radius 2 is 2.29 bits per heavy atom. The van der Waals surface area contributed by atoms with E-state index >= 15 is 0 Å². The molecule has 0 saturated heterocycles. The monoisotopic (exact) mass is 204 g/mol. The highest BCUT2D eigenvalue weighted by Gasteiger charge is 2.18. The van der Waals surface area contributed by atoms with E-state index in [4.69, 9.17) is 15.4 Å². The van der Waals surface area contributed by atoms with Gasteiger partial charge in [-0.05, 0) is 6.92 Å². The van der Waals surface area contributed by atoms with Crippen molar-refractivity contribution in [2.45, 2.75) is 19.4 Å². The molecule has 0 amide bonds. The summed E-state index contributed by atoms with van der Waals surface area (Å²) < 4.78 is 4.73. The highest BCUT2D eigenvalue weighted by Crippen LogP contribution is 2.14. The molecule has 0 aromatic carbocycles. The van der Waals surface area contributed by atoms with Gasteiger partial charge in [-0.1, -0.05) is 0 Å². The molecule has 7 nitrogen and oxygen atoms in total. The SMILES string of the molecule is Cc1c(C(N)CC(=O)O)o[nH]c1=O.O. The first-order chi connectivity index (χ1) is 6.02. The topological polar surface area (TPSA) is 141 Å². The van der Waals surface area contributed by atoms with Gasteiger partial charge in [0, 0.05) is 0 Å². The fourth-order valence-corrected chi connectivity index (χ4v) is 1.00. The number of nitrogens with one attached hydrogen (secondary N) is 1. The Morgan fingerprint density at radius 3 is 2.64 bits per heavy atom. The molecule has 0 radical (unpaired) electrons. The average Bonchev–Trinajstić information content (AvgIpc) is 2.31. The highest BCUT2D eigenvalue weighted by molar-refractivity contribution is 5.67. The predicted octanol–water partition coefficient (Wildman–Crippen LogP) is -1.07. The van der Waals surface area contributed by atoms with E-state index in [0.717, 1.165) is 0 Å². The quantitative estimate of drug-likeness (QED) is 0.574. The third-order valence-corrected chi connectivity index (χ3v) is 1.70. The van der Waals surface area contributed by atoms with E-state index in [1.807, 2.05) is 0 Å². The summed E-state index contributed by atoms with van der Waals surface area (Å²) in [5.41, 5.74) is 5.43. The first-order valence-corrected chi connectivity index (χ1v) is 3.67. The minimum absolute atomic E-state index is 0. The zero-order valence-electron chi connectivity index (χ0n) is 7.53. The lowest BCUT2D eigenvalue weighted by molar-refractivity contribution is -0.137. The van der Waals surface area contributed by atoms with Crippen LogP contribution < -0.4 is 11.3 Å². The smallest absolute Gasteiger partial charge is 0.305 e. The number of hydrogen-bond acceptors (Lipinski definition) is 4. The number of aliphatic carboxylic acids is 1. The van der Waals surface area contributed by atoms with Gasteiger partial charge in [0.15, 0.2) is 5.76 Å². The van der Waals surface area contributed by atoms with E-state index < -0.39 is 12.0 Å². The summed E-state index contributed by atoms with van der Waals surface area (Å²) in [4.78, 5) is 21.2. The van der Waals surface area contributed by atoms with Crippen LogP contribution in [0.4, 0.5) is 0 Å². The maximum absolute atomic E-state index is 10.9. The summed E-state index contributed by atoms with van der Waals surface area (Å²) in [5, 5.41) is 10.5. The number of carboxylic acid groups (broad SMARTS) is 1. The fraction of sp³-hybridized carbons (Fsp3) is 0.429. The van der Waals surface area contributed by atoms with Crippen LogP contribution in [0.25, 0.3) is 0 Å². The summed E-state index contributed by atoms with van der Waals surface area (Å²) in [5.74, 6) is -0.830. The zero-order valence-corrected chi connectivity index (χ0v) is 7.53. The number of aromatic nitrogens is 1. The van der Waals surface area contributed by atoms with Crippen molar-refractivity contribution < 1.29 is 19.9 Å². The van der Waals surface area contributed by atoms with Gasteiger partial charge >= 0.3 is 5.97 Å². The Balaban J connectivity index is 0.00000169. The van der Waals surface area contributed by atoms with Crippen LogP contribution in [0.5, 0.6) is 0 Å². The second-order valence-corrected chi connectivity index (χ2v) is 2.73. The summed E-state index contributed by atoms with van der Waals surface area (Å²) >= 11 is 0. The lowest BCUT2D eigenvalue weighted by Gasteiger charge is -2.03. The molecule has 1 unspecified atom stereocenters. The Labute approximate surface area is 78.8 Å². The molecule has 14 heavy (non-hydrogen) atoms. The van der Waals surface area contributed by atoms with E-state index in [2.05, 4.69) is 5.16 Å². The van der Waals surface area contributed by atoms with Crippen molar-refractivity contribution >= 4 is 5.97 Å². The summed E-state index contributed by atoms with van der Waals surface area (Å²) in [6, 6.07) is -0.781. The molecule has 1 aromatic rings. The molecule has 0 fully saturated rings. The van der Waals surface area contributed by atoms with Gasteiger partial charge in [0.05, 0.1) is 18.0 Å². The molecule has 1 heterocycles.